The Labute approximate surface area is 171 Å². The normalized spacial score (nSPS) is 10.3. The number of carbonyl (C=O) groups is 3. The molecule has 0 aromatic heterocycles. The third-order valence-electron chi connectivity index (χ3n) is 4.79. The first-order chi connectivity index (χ1) is 13.8. The van der Waals surface area contributed by atoms with Crippen molar-refractivity contribution >= 4 is 23.5 Å². The largest absolute Gasteiger partial charge is 0.454 e. The summed E-state index contributed by atoms with van der Waals surface area (Å²) in [6, 6.07) is 11.2. The highest BCUT2D eigenvalue weighted by atomic mass is 16.5. The lowest BCUT2D eigenvalue weighted by atomic mass is 10.0. The number of carbonyl (C=O) groups excluding carboxylic acids is 3. The van der Waals surface area contributed by atoms with E-state index in [1.165, 1.54) is 0 Å². The van der Waals surface area contributed by atoms with Crippen LogP contribution in [0, 0.1) is 13.8 Å². The van der Waals surface area contributed by atoms with E-state index in [1.807, 2.05) is 52.0 Å². The predicted octanol–water partition coefficient (Wildman–Crippen LogP) is 3.34. The van der Waals surface area contributed by atoms with Crippen molar-refractivity contribution < 1.29 is 19.1 Å². The molecule has 6 nitrogen and oxygen atoms in total. The third kappa shape index (κ3) is 6.17. The van der Waals surface area contributed by atoms with Crippen LogP contribution in [-0.2, 0) is 27.2 Å². The van der Waals surface area contributed by atoms with Gasteiger partial charge in [0, 0.05) is 11.3 Å². The van der Waals surface area contributed by atoms with Crippen molar-refractivity contribution in [2.45, 2.75) is 40.5 Å². The van der Waals surface area contributed by atoms with Gasteiger partial charge in [0.25, 0.3) is 11.8 Å². The van der Waals surface area contributed by atoms with Crippen molar-refractivity contribution in [3.63, 3.8) is 0 Å². The molecule has 29 heavy (non-hydrogen) atoms. The molecule has 0 fully saturated rings. The predicted molar refractivity (Wildman–Crippen MR) is 113 cm³/mol. The molecule has 0 aliphatic rings. The minimum absolute atomic E-state index is 0.301. The Hall–Kier alpha value is -3.15. The van der Waals surface area contributed by atoms with Gasteiger partial charge >= 0.3 is 5.97 Å². The fourth-order valence-electron chi connectivity index (χ4n) is 2.91. The van der Waals surface area contributed by atoms with Gasteiger partial charge in [-0.25, -0.2) is 0 Å². The summed E-state index contributed by atoms with van der Waals surface area (Å²) in [5.41, 5.74) is 5.40. The number of benzene rings is 2. The Kier molecular flexibility index (Phi) is 7.95. The molecule has 2 rings (SSSR count). The molecule has 6 heteroatoms. The van der Waals surface area contributed by atoms with E-state index in [1.54, 1.807) is 12.1 Å². The maximum atomic E-state index is 12.2. The van der Waals surface area contributed by atoms with E-state index in [-0.39, 0.29) is 12.5 Å². The van der Waals surface area contributed by atoms with Crippen LogP contribution in [0.5, 0.6) is 0 Å². The summed E-state index contributed by atoms with van der Waals surface area (Å²) in [7, 11) is 0. The van der Waals surface area contributed by atoms with Crippen molar-refractivity contribution in [2.24, 2.45) is 0 Å². The highest BCUT2D eigenvalue weighted by molar-refractivity contribution is 5.97. The molecule has 0 unspecified atom stereocenters. The lowest BCUT2D eigenvalue weighted by molar-refractivity contribution is -0.146. The summed E-state index contributed by atoms with van der Waals surface area (Å²) in [5, 5.41) is 5.35. The van der Waals surface area contributed by atoms with Crippen molar-refractivity contribution in [1.82, 2.24) is 5.32 Å². The van der Waals surface area contributed by atoms with Crippen molar-refractivity contribution in [3.05, 3.63) is 64.2 Å². The van der Waals surface area contributed by atoms with Crippen LogP contribution in [0.25, 0.3) is 0 Å². The maximum Gasteiger partial charge on any atom is 0.325 e. The van der Waals surface area contributed by atoms with E-state index in [4.69, 9.17) is 4.74 Å². The minimum atomic E-state index is -0.670. The monoisotopic (exact) mass is 396 g/mol. The summed E-state index contributed by atoms with van der Waals surface area (Å²) in [5.74, 6) is -1.44. The molecule has 0 aliphatic carbocycles. The van der Waals surface area contributed by atoms with Crippen LogP contribution in [-0.4, -0.2) is 30.9 Å². The fraction of sp³-hybridized carbons (Fsp3) is 0.348. The number of aryl methyl sites for hydroxylation is 4. The zero-order valence-corrected chi connectivity index (χ0v) is 17.4. The van der Waals surface area contributed by atoms with E-state index in [0.29, 0.717) is 5.56 Å². The van der Waals surface area contributed by atoms with Gasteiger partial charge in [0.15, 0.2) is 6.61 Å². The zero-order valence-electron chi connectivity index (χ0n) is 17.4. The van der Waals surface area contributed by atoms with E-state index in [2.05, 4.69) is 10.6 Å². The first-order valence-corrected chi connectivity index (χ1v) is 9.77. The quantitative estimate of drug-likeness (QED) is 0.670. The van der Waals surface area contributed by atoms with Crippen LogP contribution in [0.3, 0.4) is 0 Å². The fourth-order valence-corrected chi connectivity index (χ4v) is 2.91. The molecule has 0 atom stereocenters. The average Bonchev–Trinajstić information content (AvgIpc) is 2.72. The van der Waals surface area contributed by atoms with Gasteiger partial charge in [-0.1, -0.05) is 38.1 Å². The minimum Gasteiger partial charge on any atom is -0.454 e. The summed E-state index contributed by atoms with van der Waals surface area (Å²) >= 11 is 0. The van der Waals surface area contributed by atoms with Crippen LogP contribution >= 0.6 is 0 Å². The molecular weight excluding hydrogens is 368 g/mol. The van der Waals surface area contributed by atoms with Crippen molar-refractivity contribution in [2.75, 3.05) is 18.5 Å². The van der Waals surface area contributed by atoms with Gasteiger partial charge < -0.3 is 15.4 Å². The standard InChI is InChI=1S/C23H28N2O4/c1-5-17-8-7-9-18(6-2)22(17)25-20(26)14-29-21(27)13-24-23(28)19-11-10-15(3)16(4)12-19/h7-12H,5-6,13-14H2,1-4H3,(H,24,28)(H,25,26). The Balaban J connectivity index is 1.84. The van der Waals surface area contributed by atoms with E-state index in [9.17, 15) is 14.4 Å². The highest BCUT2D eigenvalue weighted by Crippen LogP contribution is 2.22. The lowest BCUT2D eigenvalue weighted by Crippen LogP contribution is -2.32. The van der Waals surface area contributed by atoms with Gasteiger partial charge in [-0.3, -0.25) is 14.4 Å². The second-order valence-corrected chi connectivity index (χ2v) is 6.85. The van der Waals surface area contributed by atoms with Crippen LogP contribution in [0.4, 0.5) is 5.69 Å². The second-order valence-electron chi connectivity index (χ2n) is 6.85. The smallest absolute Gasteiger partial charge is 0.325 e. The van der Waals surface area contributed by atoms with Crippen LogP contribution in [0.15, 0.2) is 36.4 Å². The van der Waals surface area contributed by atoms with Gasteiger partial charge in [-0.15, -0.1) is 0 Å². The number of esters is 1. The third-order valence-corrected chi connectivity index (χ3v) is 4.79. The van der Waals surface area contributed by atoms with Gasteiger partial charge in [-0.05, 0) is 61.1 Å². The first-order valence-electron chi connectivity index (χ1n) is 9.77. The molecule has 2 aromatic rings. The molecule has 2 aromatic carbocycles. The summed E-state index contributed by atoms with van der Waals surface area (Å²) < 4.78 is 4.99. The average molecular weight is 396 g/mol. The van der Waals surface area contributed by atoms with Gasteiger partial charge in [-0.2, -0.15) is 0 Å². The number of anilines is 1. The molecule has 0 saturated heterocycles. The SMILES string of the molecule is CCc1cccc(CC)c1NC(=O)COC(=O)CNC(=O)c1ccc(C)c(C)c1. The van der Waals surface area contributed by atoms with E-state index in [0.717, 1.165) is 40.8 Å². The second kappa shape index (κ2) is 10.4. The van der Waals surface area contributed by atoms with Crippen molar-refractivity contribution in [1.29, 1.82) is 0 Å². The number of rotatable bonds is 8. The summed E-state index contributed by atoms with van der Waals surface area (Å²) in [6.07, 6.45) is 1.57. The first kappa shape index (κ1) is 22.1. The maximum absolute atomic E-state index is 12.2. The molecule has 2 N–H and O–H groups in total. The lowest BCUT2D eigenvalue weighted by Gasteiger charge is -2.14. The van der Waals surface area contributed by atoms with Crippen LogP contribution in [0.2, 0.25) is 0 Å². The van der Waals surface area contributed by atoms with Gasteiger partial charge in [0.05, 0.1) is 0 Å². The number of hydrogen-bond acceptors (Lipinski definition) is 4. The zero-order chi connectivity index (χ0) is 21.4. The molecular formula is C23H28N2O4. The summed E-state index contributed by atoms with van der Waals surface area (Å²) in [6.45, 7) is 7.21. The number of nitrogens with one attached hydrogen (secondary N) is 2. The molecule has 0 bridgehead atoms. The topological polar surface area (TPSA) is 84.5 Å². The van der Waals surface area contributed by atoms with E-state index >= 15 is 0 Å². The van der Waals surface area contributed by atoms with E-state index < -0.39 is 18.5 Å². The number of hydrogen-bond donors (Lipinski definition) is 2. The van der Waals surface area contributed by atoms with Crippen LogP contribution in [0.1, 0.15) is 46.5 Å². The Morgan fingerprint density at radius 1 is 0.931 bits per heavy atom. The molecule has 154 valence electrons. The molecule has 0 saturated carbocycles. The molecule has 0 heterocycles. The molecule has 0 spiro atoms. The number of amides is 2. The van der Waals surface area contributed by atoms with Gasteiger partial charge in [0.1, 0.15) is 6.54 Å². The molecule has 2 amide bonds. The van der Waals surface area contributed by atoms with Crippen LogP contribution < -0.4 is 10.6 Å². The number of ether oxygens (including phenoxy) is 1. The molecule has 0 aliphatic heterocycles. The Morgan fingerprint density at radius 2 is 1.59 bits per heavy atom. The molecule has 0 radical (unpaired) electrons. The highest BCUT2D eigenvalue weighted by Gasteiger charge is 2.13. The summed E-state index contributed by atoms with van der Waals surface area (Å²) in [4.78, 5) is 36.2. The van der Waals surface area contributed by atoms with Crippen molar-refractivity contribution in [3.8, 4) is 0 Å². The number of para-hydroxylation sites is 1. The Bertz CT molecular complexity index is 883. The Morgan fingerprint density at radius 3 is 2.17 bits per heavy atom. The van der Waals surface area contributed by atoms with Gasteiger partial charge in [0.2, 0.25) is 0 Å².